The molecule has 0 atom stereocenters. The molecule has 1 fully saturated rings. The van der Waals surface area contributed by atoms with Crippen molar-refractivity contribution in [3.8, 4) is 0 Å². The molecule has 0 radical (unpaired) electrons. The SMILES string of the molecule is O=C1NC(=O)/C(=C2/C(=O)N(Cc3cccc(Cl)c3)c3ccccc32)S1. The van der Waals surface area contributed by atoms with Crippen molar-refractivity contribution in [1.29, 1.82) is 0 Å². The smallest absolute Gasteiger partial charge is 0.290 e. The number of anilines is 1. The molecule has 3 amide bonds. The molecule has 2 aliphatic rings. The average molecular weight is 371 g/mol. The van der Waals surface area contributed by atoms with Crippen molar-refractivity contribution in [2.75, 3.05) is 4.90 Å². The number of nitrogens with zero attached hydrogens (tertiary/aromatic N) is 1. The standard InChI is InChI=1S/C18H11ClN2O3S/c19-11-5-3-4-10(8-11)9-21-13-7-2-1-6-12(13)14(17(21)23)15-16(22)20-18(24)25-15/h1-8H,9H2,(H,20,22,24)/b15-14-. The van der Waals surface area contributed by atoms with Gasteiger partial charge in [0.15, 0.2) is 0 Å². The summed E-state index contributed by atoms with van der Waals surface area (Å²) in [5.74, 6) is -0.828. The highest BCUT2D eigenvalue weighted by molar-refractivity contribution is 8.18. The van der Waals surface area contributed by atoms with Crippen LogP contribution in [0.2, 0.25) is 5.02 Å². The van der Waals surface area contributed by atoms with Crippen molar-refractivity contribution in [1.82, 2.24) is 5.32 Å². The number of halogens is 1. The van der Waals surface area contributed by atoms with Gasteiger partial charge in [0.1, 0.15) is 0 Å². The van der Waals surface area contributed by atoms with Crippen LogP contribution in [0, 0.1) is 0 Å². The number of rotatable bonds is 2. The van der Waals surface area contributed by atoms with Crippen LogP contribution in [0.1, 0.15) is 11.1 Å². The molecule has 124 valence electrons. The van der Waals surface area contributed by atoms with Crippen LogP contribution < -0.4 is 10.2 Å². The maximum atomic E-state index is 13.0. The van der Waals surface area contributed by atoms with Gasteiger partial charge in [-0.15, -0.1) is 0 Å². The van der Waals surface area contributed by atoms with Crippen molar-refractivity contribution in [3.63, 3.8) is 0 Å². The summed E-state index contributed by atoms with van der Waals surface area (Å²) in [7, 11) is 0. The van der Waals surface area contributed by atoms with E-state index in [1.54, 1.807) is 29.2 Å². The van der Waals surface area contributed by atoms with Crippen LogP contribution in [0.3, 0.4) is 0 Å². The predicted molar refractivity (Wildman–Crippen MR) is 97.1 cm³/mol. The Bertz CT molecular complexity index is 970. The van der Waals surface area contributed by atoms with Crippen molar-refractivity contribution < 1.29 is 14.4 Å². The van der Waals surface area contributed by atoms with E-state index in [1.807, 2.05) is 24.3 Å². The van der Waals surface area contributed by atoms with Crippen LogP contribution in [0.25, 0.3) is 5.57 Å². The summed E-state index contributed by atoms with van der Waals surface area (Å²) in [6.45, 7) is 0.327. The fourth-order valence-corrected chi connectivity index (χ4v) is 3.94. The van der Waals surface area contributed by atoms with Crippen molar-refractivity contribution in [2.24, 2.45) is 0 Å². The Morgan fingerprint density at radius 1 is 1.04 bits per heavy atom. The largest absolute Gasteiger partial charge is 0.303 e. The van der Waals surface area contributed by atoms with E-state index in [0.717, 1.165) is 17.3 Å². The molecule has 25 heavy (non-hydrogen) atoms. The first-order chi connectivity index (χ1) is 12.0. The van der Waals surface area contributed by atoms with E-state index in [9.17, 15) is 14.4 Å². The van der Waals surface area contributed by atoms with Crippen LogP contribution in [0.4, 0.5) is 10.5 Å². The fourth-order valence-electron chi connectivity index (χ4n) is 2.95. The van der Waals surface area contributed by atoms with Gasteiger partial charge in [0.2, 0.25) is 0 Å². The number of hydrogen-bond donors (Lipinski definition) is 1. The second-order valence-electron chi connectivity index (χ2n) is 5.59. The van der Waals surface area contributed by atoms with Crippen LogP contribution in [-0.4, -0.2) is 17.1 Å². The van der Waals surface area contributed by atoms with Gasteiger partial charge < -0.3 is 4.90 Å². The second kappa shape index (κ2) is 6.06. The molecule has 1 saturated heterocycles. The number of amides is 3. The second-order valence-corrected chi connectivity index (χ2v) is 7.01. The lowest BCUT2D eigenvalue weighted by atomic mass is 10.1. The van der Waals surface area contributed by atoms with Gasteiger partial charge in [-0.05, 0) is 35.5 Å². The molecule has 7 heteroatoms. The van der Waals surface area contributed by atoms with Gasteiger partial charge in [0.05, 0.1) is 22.7 Å². The zero-order valence-corrected chi connectivity index (χ0v) is 14.4. The van der Waals surface area contributed by atoms with Gasteiger partial charge in [-0.3, -0.25) is 19.7 Å². The van der Waals surface area contributed by atoms with E-state index in [-0.39, 0.29) is 16.4 Å². The molecular weight excluding hydrogens is 360 g/mol. The Balaban J connectivity index is 1.81. The lowest BCUT2D eigenvalue weighted by molar-refractivity contribution is -0.116. The van der Waals surface area contributed by atoms with Gasteiger partial charge in [-0.25, -0.2) is 0 Å². The number of imide groups is 1. The maximum absolute atomic E-state index is 13.0. The Morgan fingerprint density at radius 2 is 1.84 bits per heavy atom. The van der Waals surface area contributed by atoms with Crippen LogP contribution >= 0.6 is 23.4 Å². The monoisotopic (exact) mass is 370 g/mol. The lowest BCUT2D eigenvalue weighted by Crippen LogP contribution is -2.26. The molecule has 0 aromatic heterocycles. The Kier molecular flexibility index (Phi) is 3.86. The summed E-state index contributed by atoms with van der Waals surface area (Å²) < 4.78 is 0. The van der Waals surface area contributed by atoms with Gasteiger partial charge in [-0.2, -0.15) is 0 Å². The molecule has 2 aromatic carbocycles. The van der Waals surface area contributed by atoms with E-state index in [0.29, 0.717) is 22.8 Å². The van der Waals surface area contributed by atoms with Gasteiger partial charge in [0.25, 0.3) is 17.1 Å². The first kappa shape index (κ1) is 15.9. The van der Waals surface area contributed by atoms with Crippen LogP contribution in [0.5, 0.6) is 0 Å². The van der Waals surface area contributed by atoms with Crippen LogP contribution in [0.15, 0.2) is 53.4 Å². The Hall–Kier alpha value is -2.57. The topological polar surface area (TPSA) is 66.5 Å². The molecule has 0 unspecified atom stereocenters. The summed E-state index contributed by atoms with van der Waals surface area (Å²) in [4.78, 5) is 38.3. The minimum atomic E-state index is -0.530. The molecule has 0 bridgehead atoms. The lowest BCUT2D eigenvalue weighted by Gasteiger charge is -2.17. The summed E-state index contributed by atoms with van der Waals surface area (Å²) >= 11 is 6.79. The number of thioether (sulfide) groups is 1. The molecule has 5 nitrogen and oxygen atoms in total. The average Bonchev–Trinajstić information content (AvgIpc) is 3.04. The number of carbonyl (C=O) groups is 3. The summed E-state index contributed by atoms with van der Waals surface area (Å²) in [6.07, 6.45) is 0. The molecule has 1 N–H and O–H groups in total. The quantitative estimate of drug-likeness (QED) is 0.820. The summed E-state index contributed by atoms with van der Waals surface area (Å²) in [5.41, 5.74) is 2.51. The molecule has 0 spiro atoms. The minimum Gasteiger partial charge on any atom is -0.303 e. The van der Waals surface area contributed by atoms with Gasteiger partial charge >= 0.3 is 0 Å². The van der Waals surface area contributed by atoms with Crippen molar-refractivity contribution >= 4 is 51.7 Å². The predicted octanol–water partition coefficient (Wildman–Crippen LogP) is 3.58. The van der Waals surface area contributed by atoms with E-state index in [1.165, 1.54) is 0 Å². The fraction of sp³-hybridized carbons (Fsp3) is 0.0556. The third-order valence-corrected chi connectivity index (χ3v) is 5.11. The Morgan fingerprint density at radius 3 is 2.56 bits per heavy atom. The van der Waals surface area contributed by atoms with E-state index in [4.69, 9.17) is 11.6 Å². The van der Waals surface area contributed by atoms with E-state index in [2.05, 4.69) is 5.32 Å². The van der Waals surface area contributed by atoms with E-state index >= 15 is 0 Å². The maximum Gasteiger partial charge on any atom is 0.290 e. The highest BCUT2D eigenvalue weighted by Crippen LogP contribution is 2.43. The third kappa shape index (κ3) is 2.73. The van der Waals surface area contributed by atoms with Crippen molar-refractivity contribution in [2.45, 2.75) is 6.54 Å². The zero-order valence-electron chi connectivity index (χ0n) is 12.8. The number of para-hydroxylation sites is 1. The molecule has 2 heterocycles. The highest BCUT2D eigenvalue weighted by Gasteiger charge is 2.39. The van der Waals surface area contributed by atoms with Crippen LogP contribution in [-0.2, 0) is 16.1 Å². The molecule has 0 aliphatic carbocycles. The van der Waals surface area contributed by atoms with Gasteiger partial charge in [0, 0.05) is 10.6 Å². The number of benzene rings is 2. The van der Waals surface area contributed by atoms with Gasteiger partial charge in [-0.1, -0.05) is 41.9 Å². The normalized spacial score (nSPS) is 19.4. The number of carbonyl (C=O) groups excluding carboxylic acids is 3. The first-order valence-corrected chi connectivity index (χ1v) is 8.67. The molecule has 2 aliphatic heterocycles. The zero-order chi connectivity index (χ0) is 17.6. The van der Waals surface area contributed by atoms with E-state index < -0.39 is 11.1 Å². The molecular formula is C18H11ClN2O3S. The molecule has 4 rings (SSSR count). The number of nitrogens with one attached hydrogen (secondary N) is 1. The summed E-state index contributed by atoms with van der Waals surface area (Å²) in [5, 5.41) is 2.33. The van der Waals surface area contributed by atoms with Crippen molar-refractivity contribution in [3.05, 3.63) is 69.6 Å². The minimum absolute atomic E-state index is 0.149. The third-order valence-electron chi connectivity index (χ3n) is 4.00. The number of fused-ring (bicyclic) bond motifs is 1. The number of hydrogen-bond acceptors (Lipinski definition) is 4. The Labute approximate surface area is 152 Å². The first-order valence-electron chi connectivity index (χ1n) is 7.48. The molecule has 0 saturated carbocycles. The summed E-state index contributed by atoms with van der Waals surface area (Å²) in [6, 6.07) is 14.5. The highest BCUT2D eigenvalue weighted by atomic mass is 35.5. The molecule has 2 aromatic rings.